The summed E-state index contributed by atoms with van der Waals surface area (Å²) < 4.78 is 4.86. The predicted octanol–water partition coefficient (Wildman–Crippen LogP) is 1.56. The van der Waals surface area contributed by atoms with Crippen LogP contribution in [-0.2, 0) is 4.79 Å². The molecular weight excluding hydrogens is 192 g/mol. The van der Waals surface area contributed by atoms with Crippen molar-refractivity contribution in [2.24, 2.45) is 5.73 Å². The molecule has 1 aromatic rings. The molecule has 15 heavy (non-hydrogen) atoms. The largest absolute Gasteiger partial charge is 0.427 e. The lowest BCUT2D eigenvalue weighted by Gasteiger charge is -2.03. The van der Waals surface area contributed by atoms with Crippen LogP contribution in [0.2, 0.25) is 0 Å². The Balaban J connectivity index is 2.85. The number of hydrogen-bond donors (Lipinski definition) is 2. The molecule has 0 aliphatic carbocycles. The SMILES string of the molecule is CC(=O)Oc1ccc(C(N)=CC=N)cc1. The van der Waals surface area contributed by atoms with Crippen LogP contribution < -0.4 is 10.5 Å². The molecule has 0 aliphatic heterocycles. The lowest BCUT2D eigenvalue weighted by Crippen LogP contribution is -2.02. The highest BCUT2D eigenvalue weighted by molar-refractivity contribution is 5.81. The fraction of sp³-hybridized carbons (Fsp3) is 0.0909. The van der Waals surface area contributed by atoms with E-state index >= 15 is 0 Å². The first-order chi connectivity index (χ1) is 7.13. The van der Waals surface area contributed by atoms with Crippen molar-refractivity contribution < 1.29 is 9.53 Å². The van der Waals surface area contributed by atoms with Crippen molar-refractivity contribution in [1.82, 2.24) is 0 Å². The number of esters is 1. The highest BCUT2D eigenvalue weighted by atomic mass is 16.5. The summed E-state index contributed by atoms with van der Waals surface area (Å²) in [6, 6.07) is 6.77. The normalized spacial score (nSPS) is 10.9. The number of carbonyl (C=O) groups is 1. The van der Waals surface area contributed by atoms with Crippen molar-refractivity contribution in [2.75, 3.05) is 0 Å². The third-order valence-electron chi connectivity index (χ3n) is 1.71. The molecule has 0 radical (unpaired) electrons. The maximum atomic E-state index is 10.6. The maximum absolute atomic E-state index is 10.6. The highest BCUT2D eigenvalue weighted by Gasteiger charge is 1.99. The van der Waals surface area contributed by atoms with Crippen LogP contribution in [0.4, 0.5) is 0 Å². The fourth-order valence-corrected chi connectivity index (χ4v) is 1.07. The molecule has 4 heteroatoms. The quantitative estimate of drug-likeness (QED) is 0.445. The van der Waals surface area contributed by atoms with Crippen molar-refractivity contribution in [2.45, 2.75) is 6.92 Å². The van der Waals surface area contributed by atoms with Gasteiger partial charge in [-0.3, -0.25) is 4.79 Å². The van der Waals surface area contributed by atoms with E-state index in [4.69, 9.17) is 15.9 Å². The van der Waals surface area contributed by atoms with Gasteiger partial charge in [0, 0.05) is 18.8 Å². The Morgan fingerprint density at radius 1 is 1.40 bits per heavy atom. The van der Waals surface area contributed by atoms with Gasteiger partial charge in [-0.15, -0.1) is 0 Å². The molecule has 1 aromatic carbocycles. The molecule has 4 nitrogen and oxygen atoms in total. The van der Waals surface area contributed by atoms with Gasteiger partial charge in [0.15, 0.2) is 0 Å². The topological polar surface area (TPSA) is 76.2 Å². The lowest BCUT2D eigenvalue weighted by atomic mass is 10.1. The zero-order chi connectivity index (χ0) is 11.3. The van der Waals surface area contributed by atoms with Gasteiger partial charge >= 0.3 is 5.97 Å². The molecule has 0 saturated carbocycles. The summed E-state index contributed by atoms with van der Waals surface area (Å²) in [5.41, 5.74) is 6.94. The summed E-state index contributed by atoms with van der Waals surface area (Å²) >= 11 is 0. The number of rotatable bonds is 3. The molecular formula is C11H12N2O2. The van der Waals surface area contributed by atoms with Gasteiger partial charge in [-0.1, -0.05) is 0 Å². The number of hydrogen-bond acceptors (Lipinski definition) is 4. The fourth-order valence-electron chi connectivity index (χ4n) is 1.07. The van der Waals surface area contributed by atoms with Gasteiger partial charge in [-0.25, -0.2) is 0 Å². The molecule has 0 amide bonds. The molecule has 0 aromatic heterocycles. The first kappa shape index (κ1) is 11.0. The minimum Gasteiger partial charge on any atom is -0.427 e. The van der Waals surface area contributed by atoms with E-state index in [1.165, 1.54) is 13.0 Å². The molecule has 78 valence electrons. The van der Waals surface area contributed by atoms with Crippen LogP contribution in [0.1, 0.15) is 12.5 Å². The summed E-state index contributed by atoms with van der Waals surface area (Å²) in [5, 5.41) is 6.87. The van der Waals surface area contributed by atoms with Crippen molar-refractivity contribution in [1.29, 1.82) is 5.41 Å². The van der Waals surface area contributed by atoms with Gasteiger partial charge in [0.25, 0.3) is 0 Å². The smallest absolute Gasteiger partial charge is 0.308 e. The second kappa shape index (κ2) is 4.95. The number of nitrogens with one attached hydrogen (secondary N) is 1. The van der Waals surface area contributed by atoms with E-state index in [2.05, 4.69) is 0 Å². The first-order valence-electron chi connectivity index (χ1n) is 4.38. The minimum absolute atomic E-state index is 0.356. The second-order valence-electron chi connectivity index (χ2n) is 2.91. The van der Waals surface area contributed by atoms with Crippen LogP contribution in [0.5, 0.6) is 5.75 Å². The highest BCUT2D eigenvalue weighted by Crippen LogP contribution is 2.15. The number of benzene rings is 1. The molecule has 0 aliphatic rings. The molecule has 0 atom stereocenters. The van der Waals surface area contributed by atoms with Gasteiger partial charge < -0.3 is 15.9 Å². The van der Waals surface area contributed by atoms with Crippen molar-refractivity contribution in [3.05, 3.63) is 35.9 Å². The van der Waals surface area contributed by atoms with Crippen LogP contribution in [0.15, 0.2) is 30.3 Å². The number of ether oxygens (including phenoxy) is 1. The van der Waals surface area contributed by atoms with E-state index < -0.39 is 0 Å². The number of carbonyl (C=O) groups excluding carboxylic acids is 1. The Labute approximate surface area is 87.9 Å². The third-order valence-corrected chi connectivity index (χ3v) is 1.71. The van der Waals surface area contributed by atoms with E-state index in [1.807, 2.05) is 0 Å². The average Bonchev–Trinajstić information content (AvgIpc) is 2.18. The van der Waals surface area contributed by atoms with Crippen LogP contribution in [-0.4, -0.2) is 12.2 Å². The minimum atomic E-state index is -0.356. The summed E-state index contributed by atoms with van der Waals surface area (Å²) in [7, 11) is 0. The van der Waals surface area contributed by atoms with E-state index in [1.54, 1.807) is 24.3 Å². The van der Waals surface area contributed by atoms with Gasteiger partial charge in [-0.05, 0) is 35.9 Å². The van der Waals surface area contributed by atoms with Gasteiger partial charge in [0.1, 0.15) is 5.75 Å². The molecule has 0 spiro atoms. The molecule has 0 bridgehead atoms. The van der Waals surface area contributed by atoms with Gasteiger partial charge in [0.05, 0.1) is 0 Å². The van der Waals surface area contributed by atoms with E-state index in [0.29, 0.717) is 11.4 Å². The number of allylic oxidation sites excluding steroid dienone is 1. The average molecular weight is 204 g/mol. The Morgan fingerprint density at radius 3 is 2.47 bits per heavy atom. The van der Waals surface area contributed by atoms with Crippen molar-refractivity contribution in [3.63, 3.8) is 0 Å². The molecule has 0 unspecified atom stereocenters. The summed E-state index contributed by atoms with van der Waals surface area (Å²) in [5.74, 6) is 0.125. The van der Waals surface area contributed by atoms with Crippen LogP contribution in [0.3, 0.4) is 0 Å². The second-order valence-corrected chi connectivity index (χ2v) is 2.91. The number of nitrogens with two attached hydrogens (primary N) is 1. The maximum Gasteiger partial charge on any atom is 0.308 e. The predicted molar refractivity (Wildman–Crippen MR) is 58.7 cm³/mol. The zero-order valence-corrected chi connectivity index (χ0v) is 8.36. The van der Waals surface area contributed by atoms with Crippen molar-refractivity contribution in [3.8, 4) is 5.75 Å². The molecule has 0 heterocycles. The Morgan fingerprint density at radius 2 is 2.00 bits per heavy atom. The lowest BCUT2D eigenvalue weighted by molar-refractivity contribution is -0.131. The standard InChI is InChI=1S/C11H12N2O2/c1-8(14)15-10-4-2-9(3-5-10)11(13)6-7-12/h2-7,12H,13H2,1H3. The summed E-state index contributed by atoms with van der Waals surface area (Å²) in [4.78, 5) is 10.6. The third kappa shape index (κ3) is 3.27. The van der Waals surface area contributed by atoms with Gasteiger partial charge in [0.2, 0.25) is 0 Å². The molecule has 0 saturated heterocycles. The van der Waals surface area contributed by atoms with Crippen LogP contribution >= 0.6 is 0 Å². The van der Waals surface area contributed by atoms with E-state index in [9.17, 15) is 4.79 Å². The molecule has 1 rings (SSSR count). The van der Waals surface area contributed by atoms with Crippen LogP contribution in [0.25, 0.3) is 5.70 Å². The molecule has 3 N–H and O–H groups in total. The molecule has 0 fully saturated rings. The Kier molecular flexibility index (Phi) is 3.62. The van der Waals surface area contributed by atoms with E-state index in [-0.39, 0.29) is 5.97 Å². The van der Waals surface area contributed by atoms with Gasteiger partial charge in [-0.2, -0.15) is 0 Å². The first-order valence-corrected chi connectivity index (χ1v) is 4.38. The Bertz CT molecular complexity index is 394. The zero-order valence-electron chi connectivity index (χ0n) is 8.36. The monoisotopic (exact) mass is 204 g/mol. The summed E-state index contributed by atoms with van der Waals surface area (Å²) in [6.07, 6.45) is 2.61. The van der Waals surface area contributed by atoms with Crippen molar-refractivity contribution >= 4 is 17.9 Å². The van der Waals surface area contributed by atoms with Crippen LogP contribution in [0, 0.1) is 5.41 Å². The van der Waals surface area contributed by atoms with E-state index in [0.717, 1.165) is 11.8 Å². The Hall–Kier alpha value is -2.10. The summed E-state index contributed by atoms with van der Waals surface area (Å²) in [6.45, 7) is 1.34.